The van der Waals surface area contributed by atoms with Gasteiger partial charge in [0.05, 0.1) is 13.7 Å². The topological polar surface area (TPSA) is 54.0 Å². The van der Waals surface area contributed by atoms with Gasteiger partial charge in [0.1, 0.15) is 6.10 Å². The number of ether oxygens (including phenoxy) is 4. The van der Waals surface area contributed by atoms with Crippen LogP contribution in [0.25, 0.3) is 0 Å². The molecule has 5 nitrogen and oxygen atoms in total. The van der Waals surface area contributed by atoms with Gasteiger partial charge in [0.25, 0.3) is 0 Å². The number of fused-ring (bicyclic) bond motifs is 1. The Morgan fingerprint density at radius 2 is 2.27 bits per heavy atom. The molecule has 2 aliphatic rings. The molecule has 84 valence electrons. The molecule has 5 heteroatoms. The van der Waals surface area contributed by atoms with Crippen LogP contribution in [0.3, 0.4) is 0 Å². The van der Waals surface area contributed by atoms with Gasteiger partial charge in [-0.3, -0.25) is 0 Å². The second-order valence-electron chi connectivity index (χ2n) is 3.98. The summed E-state index contributed by atoms with van der Waals surface area (Å²) in [6, 6.07) is 0. The SMILES string of the molecule is COC(=O)/C=C1\CO[C@@H]2OC(C)(C)O[C@H]12. The van der Waals surface area contributed by atoms with Gasteiger partial charge in [-0.25, -0.2) is 4.79 Å². The Kier molecular flexibility index (Phi) is 2.54. The molecule has 2 saturated heterocycles. The normalized spacial score (nSPS) is 35.5. The number of rotatable bonds is 1. The number of hydrogen-bond acceptors (Lipinski definition) is 5. The Balaban J connectivity index is 2.12. The summed E-state index contributed by atoms with van der Waals surface area (Å²) in [4.78, 5) is 11.1. The van der Waals surface area contributed by atoms with Crippen molar-refractivity contribution in [3.05, 3.63) is 11.6 Å². The van der Waals surface area contributed by atoms with Crippen LogP contribution < -0.4 is 0 Å². The molecule has 2 atom stereocenters. The first-order valence-electron chi connectivity index (χ1n) is 4.77. The van der Waals surface area contributed by atoms with Crippen molar-refractivity contribution in [2.75, 3.05) is 13.7 Å². The molecule has 2 aliphatic heterocycles. The molecule has 0 bridgehead atoms. The van der Waals surface area contributed by atoms with E-state index >= 15 is 0 Å². The van der Waals surface area contributed by atoms with E-state index in [-0.39, 0.29) is 6.10 Å². The quantitative estimate of drug-likeness (QED) is 0.472. The number of hydrogen-bond donors (Lipinski definition) is 0. The van der Waals surface area contributed by atoms with Gasteiger partial charge in [-0.1, -0.05) is 0 Å². The van der Waals surface area contributed by atoms with Gasteiger partial charge in [-0.05, 0) is 19.4 Å². The highest BCUT2D eigenvalue weighted by atomic mass is 16.8. The van der Waals surface area contributed by atoms with Crippen molar-refractivity contribution in [1.82, 2.24) is 0 Å². The fourth-order valence-corrected chi connectivity index (χ4v) is 1.70. The minimum absolute atomic E-state index is 0.293. The van der Waals surface area contributed by atoms with Gasteiger partial charge < -0.3 is 18.9 Å². The molecule has 0 aromatic rings. The first kappa shape index (κ1) is 10.6. The van der Waals surface area contributed by atoms with E-state index < -0.39 is 18.0 Å². The molecule has 0 unspecified atom stereocenters. The third-order valence-corrected chi connectivity index (χ3v) is 2.34. The zero-order valence-electron chi connectivity index (χ0n) is 8.98. The third kappa shape index (κ3) is 2.04. The van der Waals surface area contributed by atoms with Crippen LogP contribution in [-0.2, 0) is 23.7 Å². The van der Waals surface area contributed by atoms with E-state index in [1.807, 2.05) is 13.8 Å². The molecule has 2 heterocycles. The number of esters is 1. The standard InChI is InChI=1S/C10H14O5/c1-10(2)14-8-6(4-7(11)12-3)5-13-9(8)15-10/h4,8-9H,5H2,1-3H3/b6-4+/t8-,9-/m1/s1. The molecule has 0 spiro atoms. The maximum atomic E-state index is 11.1. The molecule has 0 aromatic heterocycles. The summed E-state index contributed by atoms with van der Waals surface area (Å²) in [5.41, 5.74) is 0.762. The molecule has 0 radical (unpaired) electrons. The van der Waals surface area contributed by atoms with Gasteiger partial charge in [0.15, 0.2) is 12.1 Å². The van der Waals surface area contributed by atoms with Crippen LogP contribution in [0, 0.1) is 0 Å². The molecule has 0 N–H and O–H groups in total. The van der Waals surface area contributed by atoms with Crippen LogP contribution in [0.15, 0.2) is 11.6 Å². The van der Waals surface area contributed by atoms with Crippen LogP contribution in [-0.4, -0.2) is 37.9 Å². The molecule has 15 heavy (non-hydrogen) atoms. The lowest BCUT2D eigenvalue weighted by molar-refractivity contribution is -0.189. The van der Waals surface area contributed by atoms with Crippen LogP contribution in [0.4, 0.5) is 0 Å². The van der Waals surface area contributed by atoms with Gasteiger partial charge >= 0.3 is 5.97 Å². The second kappa shape index (κ2) is 3.59. The average Bonchev–Trinajstić information content (AvgIpc) is 2.63. The van der Waals surface area contributed by atoms with Crippen LogP contribution in [0.1, 0.15) is 13.8 Å². The zero-order valence-corrected chi connectivity index (χ0v) is 8.98. The molecule has 0 aliphatic carbocycles. The first-order valence-corrected chi connectivity index (χ1v) is 4.77. The Labute approximate surface area is 87.9 Å². The van der Waals surface area contributed by atoms with E-state index in [2.05, 4.69) is 4.74 Å². The summed E-state index contributed by atoms with van der Waals surface area (Å²) in [6.07, 6.45) is 0.699. The van der Waals surface area contributed by atoms with Crippen molar-refractivity contribution in [2.24, 2.45) is 0 Å². The summed E-state index contributed by atoms with van der Waals surface area (Å²) in [6.45, 7) is 3.97. The Morgan fingerprint density at radius 1 is 1.53 bits per heavy atom. The van der Waals surface area contributed by atoms with Crippen LogP contribution in [0.5, 0.6) is 0 Å². The molecular formula is C10H14O5. The maximum absolute atomic E-state index is 11.1. The van der Waals surface area contributed by atoms with Crippen LogP contribution >= 0.6 is 0 Å². The summed E-state index contributed by atoms with van der Waals surface area (Å²) in [5, 5.41) is 0. The highest BCUT2D eigenvalue weighted by molar-refractivity contribution is 5.83. The maximum Gasteiger partial charge on any atom is 0.330 e. The van der Waals surface area contributed by atoms with E-state index in [9.17, 15) is 4.79 Å². The fraction of sp³-hybridized carbons (Fsp3) is 0.700. The molecular weight excluding hydrogens is 200 g/mol. The average molecular weight is 214 g/mol. The van der Waals surface area contributed by atoms with E-state index in [0.29, 0.717) is 6.61 Å². The number of carbonyl (C=O) groups excluding carboxylic acids is 1. The lowest BCUT2D eigenvalue weighted by Crippen LogP contribution is -2.23. The van der Waals surface area contributed by atoms with Gasteiger partial charge in [-0.2, -0.15) is 0 Å². The van der Waals surface area contributed by atoms with Crippen molar-refractivity contribution < 1.29 is 23.7 Å². The Bertz CT molecular complexity index is 307. The first-order chi connectivity index (χ1) is 7.02. The Morgan fingerprint density at radius 3 is 2.93 bits per heavy atom. The fourth-order valence-electron chi connectivity index (χ4n) is 1.70. The number of carbonyl (C=O) groups is 1. The zero-order chi connectivity index (χ0) is 11.1. The van der Waals surface area contributed by atoms with Crippen molar-refractivity contribution in [2.45, 2.75) is 32.0 Å². The summed E-state index contributed by atoms with van der Waals surface area (Å²) in [5.74, 6) is -1.06. The molecule has 2 rings (SSSR count). The molecule has 0 saturated carbocycles. The smallest absolute Gasteiger partial charge is 0.330 e. The van der Waals surface area contributed by atoms with E-state index in [4.69, 9.17) is 14.2 Å². The predicted octanol–water partition coefficient (Wildman–Crippen LogP) is 0.594. The lowest BCUT2D eigenvalue weighted by atomic mass is 10.2. The third-order valence-electron chi connectivity index (χ3n) is 2.34. The second-order valence-corrected chi connectivity index (χ2v) is 3.98. The van der Waals surface area contributed by atoms with Gasteiger partial charge in [0.2, 0.25) is 0 Å². The number of methoxy groups -OCH3 is 1. The lowest BCUT2D eigenvalue weighted by Gasteiger charge is -2.17. The van der Waals surface area contributed by atoms with E-state index in [1.54, 1.807) is 0 Å². The van der Waals surface area contributed by atoms with Crippen molar-refractivity contribution in [3.8, 4) is 0 Å². The largest absolute Gasteiger partial charge is 0.466 e. The van der Waals surface area contributed by atoms with E-state index in [1.165, 1.54) is 13.2 Å². The predicted molar refractivity (Wildman–Crippen MR) is 49.9 cm³/mol. The summed E-state index contributed by atoms with van der Waals surface area (Å²) in [7, 11) is 1.34. The monoisotopic (exact) mass is 214 g/mol. The van der Waals surface area contributed by atoms with Gasteiger partial charge in [0, 0.05) is 6.08 Å². The van der Waals surface area contributed by atoms with Crippen LogP contribution in [0.2, 0.25) is 0 Å². The van der Waals surface area contributed by atoms with Crippen molar-refractivity contribution in [1.29, 1.82) is 0 Å². The summed E-state index contributed by atoms with van der Waals surface area (Å²) < 4.78 is 21.0. The van der Waals surface area contributed by atoms with Crippen molar-refractivity contribution >= 4 is 5.97 Å². The molecule has 0 amide bonds. The van der Waals surface area contributed by atoms with Gasteiger partial charge in [-0.15, -0.1) is 0 Å². The molecule has 2 fully saturated rings. The highest BCUT2D eigenvalue weighted by Gasteiger charge is 2.47. The highest BCUT2D eigenvalue weighted by Crippen LogP contribution is 2.36. The Hall–Kier alpha value is -0.910. The summed E-state index contributed by atoms with van der Waals surface area (Å²) >= 11 is 0. The molecule has 0 aromatic carbocycles. The minimum atomic E-state index is -0.662. The van der Waals surface area contributed by atoms with Crippen molar-refractivity contribution in [3.63, 3.8) is 0 Å². The van der Waals surface area contributed by atoms with E-state index in [0.717, 1.165) is 5.57 Å². The minimum Gasteiger partial charge on any atom is -0.466 e.